The van der Waals surface area contributed by atoms with Gasteiger partial charge < -0.3 is 15.5 Å². The van der Waals surface area contributed by atoms with E-state index >= 15 is 0 Å². The molecule has 29 heavy (non-hydrogen) atoms. The smallest absolute Gasteiger partial charge is 0.0704 e. The molecule has 2 aromatic heterocycles. The van der Waals surface area contributed by atoms with Crippen LogP contribution in [0.15, 0.2) is 54.7 Å². The quantitative estimate of drug-likeness (QED) is 0.657. The fourth-order valence-corrected chi connectivity index (χ4v) is 3.99. The van der Waals surface area contributed by atoms with Gasteiger partial charge in [-0.1, -0.05) is 24.3 Å². The highest BCUT2D eigenvalue weighted by atomic mass is 15.2. The Hall–Kier alpha value is -2.34. The molecule has 1 aromatic carbocycles. The molecule has 0 saturated heterocycles. The van der Waals surface area contributed by atoms with Crippen LogP contribution in [-0.4, -0.2) is 47.6 Å². The van der Waals surface area contributed by atoms with Crippen molar-refractivity contribution in [3.05, 3.63) is 71.7 Å². The predicted molar refractivity (Wildman–Crippen MR) is 119 cm³/mol. The standard InChI is InChI=1S/C24H31N5/c1-2-10-24-23(9-1)20(11-12-27-24)6-3-4-15-29-16-13-25-18-21-7-5-8-22(28-21)19-26-14-17-29/h1-2,5,7-12,25-26H,3-4,6,13-19H2. The van der Waals surface area contributed by atoms with Gasteiger partial charge in [-0.05, 0) is 55.6 Å². The van der Waals surface area contributed by atoms with Crippen LogP contribution in [0.4, 0.5) is 0 Å². The number of hydrogen-bond donors (Lipinski definition) is 2. The lowest BCUT2D eigenvalue weighted by Gasteiger charge is -2.23. The number of para-hydroxylation sites is 1. The first-order chi connectivity index (χ1) is 14.4. The number of pyridine rings is 2. The topological polar surface area (TPSA) is 53.1 Å². The number of fused-ring (bicyclic) bond motifs is 3. The molecule has 152 valence electrons. The normalized spacial score (nSPS) is 16.3. The number of hydrogen-bond acceptors (Lipinski definition) is 5. The highest BCUT2D eigenvalue weighted by Gasteiger charge is 2.08. The van der Waals surface area contributed by atoms with E-state index in [-0.39, 0.29) is 0 Å². The van der Waals surface area contributed by atoms with Crippen LogP contribution in [0.3, 0.4) is 0 Å². The van der Waals surface area contributed by atoms with Crippen molar-refractivity contribution in [2.45, 2.75) is 32.4 Å². The van der Waals surface area contributed by atoms with Gasteiger partial charge >= 0.3 is 0 Å². The first-order valence-corrected chi connectivity index (χ1v) is 10.8. The first-order valence-electron chi connectivity index (χ1n) is 10.8. The van der Waals surface area contributed by atoms with E-state index in [4.69, 9.17) is 4.98 Å². The van der Waals surface area contributed by atoms with Gasteiger partial charge in [-0.3, -0.25) is 9.97 Å². The van der Waals surface area contributed by atoms with Crippen molar-refractivity contribution in [1.29, 1.82) is 0 Å². The summed E-state index contributed by atoms with van der Waals surface area (Å²) in [6, 6.07) is 16.9. The summed E-state index contributed by atoms with van der Waals surface area (Å²) in [5.41, 5.74) is 4.77. The average Bonchev–Trinajstić information content (AvgIpc) is 2.76. The lowest BCUT2D eigenvalue weighted by molar-refractivity contribution is 0.265. The molecule has 4 rings (SSSR count). The third-order valence-corrected chi connectivity index (χ3v) is 5.60. The molecular formula is C24H31N5. The molecule has 0 saturated carbocycles. The number of rotatable bonds is 5. The summed E-state index contributed by atoms with van der Waals surface area (Å²) in [7, 11) is 0. The Bertz CT molecular complexity index is 878. The van der Waals surface area contributed by atoms with Crippen molar-refractivity contribution < 1.29 is 0 Å². The van der Waals surface area contributed by atoms with Gasteiger partial charge in [0, 0.05) is 50.9 Å². The van der Waals surface area contributed by atoms with Gasteiger partial charge in [-0.15, -0.1) is 0 Å². The van der Waals surface area contributed by atoms with Crippen molar-refractivity contribution in [2.75, 3.05) is 32.7 Å². The fraction of sp³-hybridized carbons (Fsp3) is 0.417. The van der Waals surface area contributed by atoms with E-state index in [2.05, 4.69) is 69.0 Å². The number of benzene rings is 1. The summed E-state index contributed by atoms with van der Waals surface area (Å²) in [5, 5.41) is 8.39. The number of unbranched alkanes of at least 4 members (excludes halogenated alkanes) is 1. The van der Waals surface area contributed by atoms with Crippen LogP contribution in [-0.2, 0) is 19.5 Å². The molecule has 0 aliphatic carbocycles. The minimum atomic E-state index is 0.844. The average molecular weight is 390 g/mol. The monoisotopic (exact) mass is 389 g/mol. The number of nitrogens with zero attached hydrogens (tertiary/aromatic N) is 3. The number of nitrogens with one attached hydrogen (secondary N) is 2. The van der Waals surface area contributed by atoms with Gasteiger partial charge in [-0.2, -0.15) is 0 Å². The van der Waals surface area contributed by atoms with Crippen molar-refractivity contribution in [2.24, 2.45) is 0 Å². The van der Waals surface area contributed by atoms with Crippen LogP contribution >= 0.6 is 0 Å². The van der Waals surface area contributed by atoms with Crippen LogP contribution < -0.4 is 10.6 Å². The molecule has 5 nitrogen and oxygen atoms in total. The highest BCUT2D eigenvalue weighted by molar-refractivity contribution is 5.81. The molecule has 2 bridgehead atoms. The van der Waals surface area contributed by atoms with Crippen LogP contribution in [0.5, 0.6) is 0 Å². The molecule has 5 heteroatoms. The van der Waals surface area contributed by atoms with E-state index in [1.54, 1.807) is 0 Å². The molecule has 2 N–H and O–H groups in total. The van der Waals surface area contributed by atoms with Gasteiger partial charge in [-0.25, -0.2) is 0 Å². The van der Waals surface area contributed by atoms with E-state index in [1.807, 2.05) is 6.20 Å². The first kappa shape index (κ1) is 20.0. The Balaban J connectivity index is 1.25. The zero-order chi connectivity index (χ0) is 19.7. The zero-order valence-electron chi connectivity index (χ0n) is 17.1. The van der Waals surface area contributed by atoms with Crippen molar-refractivity contribution >= 4 is 10.9 Å². The lowest BCUT2D eigenvalue weighted by Crippen LogP contribution is -2.38. The van der Waals surface area contributed by atoms with Crippen molar-refractivity contribution in [3.63, 3.8) is 0 Å². The Kier molecular flexibility index (Phi) is 7.18. The molecule has 1 aliphatic heterocycles. The van der Waals surface area contributed by atoms with E-state index in [0.717, 1.165) is 69.1 Å². The molecule has 0 radical (unpaired) electrons. The molecule has 0 fully saturated rings. The SMILES string of the molecule is c1cc2nc(c1)CNCCN(CCCCc1ccnc3ccccc13)CCNC2. The van der Waals surface area contributed by atoms with Crippen molar-refractivity contribution in [3.8, 4) is 0 Å². The van der Waals surface area contributed by atoms with Crippen LogP contribution in [0.25, 0.3) is 10.9 Å². The van der Waals surface area contributed by atoms with E-state index < -0.39 is 0 Å². The zero-order valence-corrected chi connectivity index (χ0v) is 17.1. The third kappa shape index (κ3) is 5.82. The highest BCUT2D eigenvalue weighted by Crippen LogP contribution is 2.18. The van der Waals surface area contributed by atoms with Gasteiger partial charge in [0.15, 0.2) is 0 Å². The molecule has 0 atom stereocenters. The molecule has 1 aliphatic rings. The van der Waals surface area contributed by atoms with Crippen LogP contribution in [0, 0.1) is 0 Å². The summed E-state index contributed by atoms with van der Waals surface area (Å²) in [4.78, 5) is 11.7. The maximum Gasteiger partial charge on any atom is 0.0704 e. The predicted octanol–water partition coefficient (Wildman–Crippen LogP) is 3.15. The fourth-order valence-electron chi connectivity index (χ4n) is 3.99. The van der Waals surface area contributed by atoms with Gasteiger partial charge in [0.1, 0.15) is 0 Å². The Morgan fingerprint density at radius 3 is 2.38 bits per heavy atom. The van der Waals surface area contributed by atoms with E-state index in [0.29, 0.717) is 0 Å². The lowest BCUT2D eigenvalue weighted by atomic mass is 10.0. The molecule has 3 heterocycles. The Labute approximate surface area is 173 Å². The minimum Gasteiger partial charge on any atom is -0.310 e. The molecule has 0 spiro atoms. The second-order valence-corrected chi connectivity index (χ2v) is 7.76. The van der Waals surface area contributed by atoms with Crippen molar-refractivity contribution in [1.82, 2.24) is 25.5 Å². The molecule has 3 aromatic rings. The number of aromatic nitrogens is 2. The number of aryl methyl sites for hydroxylation is 1. The summed E-state index contributed by atoms with van der Waals surface area (Å²) in [6.45, 7) is 7.00. The van der Waals surface area contributed by atoms with Gasteiger partial charge in [0.25, 0.3) is 0 Å². The maximum absolute atomic E-state index is 4.69. The van der Waals surface area contributed by atoms with Gasteiger partial charge in [0.2, 0.25) is 0 Å². The third-order valence-electron chi connectivity index (χ3n) is 5.60. The summed E-state index contributed by atoms with van der Waals surface area (Å²) >= 11 is 0. The largest absolute Gasteiger partial charge is 0.310 e. The maximum atomic E-state index is 4.69. The van der Waals surface area contributed by atoms with E-state index in [1.165, 1.54) is 23.8 Å². The summed E-state index contributed by atoms with van der Waals surface area (Å²) in [5.74, 6) is 0. The van der Waals surface area contributed by atoms with Gasteiger partial charge in [0.05, 0.1) is 16.9 Å². The Morgan fingerprint density at radius 2 is 1.59 bits per heavy atom. The second-order valence-electron chi connectivity index (χ2n) is 7.76. The van der Waals surface area contributed by atoms with Crippen LogP contribution in [0.1, 0.15) is 29.8 Å². The molecule has 0 amide bonds. The molecule has 0 unspecified atom stereocenters. The van der Waals surface area contributed by atoms with E-state index in [9.17, 15) is 0 Å². The second kappa shape index (κ2) is 10.4. The summed E-state index contributed by atoms with van der Waals surface area (Å²) < 4.78 is 0. The van der Waals surface area contributed by atoms with Crippen LogP contribution in [0.2, 0.25) is 0 Å². The minimum absolute atomic E-state index is 0.844. The summed E-state index contributed by atoms with van der Waals surface area (Å²) in [6.07, 6.45) is 5.49. The Morgan fingerprint density at radius 1 is 0.828 bits per heavy atom. The molecular weight excluding hydrogens is 358 g/mol.